The van der Waals surface area contributed by atoms with Crippen LogP contribution in [0.15, 0.2) is 22.2 Å². The van der Waals surface area contributed by atoms with Crippen molar-refractivity contribution in [2.75, 3.05) is 5.75 Å². The average Bonchev–Trinajstić information content (AvgIpc) is 2.05. The van der Waals surface area contributed by atoms with E-state index in [-0.39, 0.29) is 5.56 Å². The van der Waals surface area contributed by atoms with Gasteiger partial charge >= 0.3 is 0 Å². The van der Waals surface area contributed by atoms with E-state index in [2.05, 4.69) is 21.8 Å². The van der Waals surface area contributed by atoms with Crippen molar-refractivity contribution in [3.05, 3.63) is 22.6 Å². The van der Waals surface area contributed by atoms with E-state index in [1.54, 1.807) is 6.92 Å². The predicted molar refractivity (Wildman–Crippen MR) is 49.0 cm³/mol. The number of aromatic amines is 1. The van der Waals surface area contributed by atoms with Gasteiger partial charge in [-0.15, -0.1) is 5.92 Å². The number of nitrogens with zero attached hydrogens (tertiary/aromatic N) is 1. The van der Waals surface area contributed by atoms with Crippen LogP contribution in [0.2, 0.25) is 0 Å². The van der Waals surface area contributed by atoms with Crippen LogP contribution in [-0.4, -0.2) is 15.7 Å². The van der Waals surface area contributed by atoms with Crippen molar-refractivity contribution in [1.82, 2.24) is 9.97 Å². The maximum Gasteiger partial charge on any atom is 0.251 e. The Morgan fingerprint density at radius 3 is 3.25 bits per heavy atom. The normalized spacial score (nSPS) is 8.75. The van der Waals surface area contributed by atoms with Crippen molar-refractivity contribution < 1.29 is 0 Å². The Balaban J connectivity index is 2.62. The maximum absolute atomic E-state index is 10.8. The zero-order chi connectivity index (χ0) is 8.81. The van der Waals surface area contributed by atoms with Crippen LogP contribution in [0.4, 0.5) is 0 Å². The molecule has 0 saturated heterocycles. The molecular weight excluding hydrogens is 172 g/mol. The molecule has 0 aliphatic carbocycles. The molecule has 0 amide bonds. The maximum atomic E-state index is 10.8. The highest BCUT2D eigenvalue weighted by atomic mass is 32.2. The molecule has 62 valence electrons. The van der Waals surface area contributed by atoms with Crippen molar-refractivity contribution >= 4 is 11.8 Å². The molecule has 1 aromatic heterocycles. The molecule has 1 N–H and O–H groups in total. The minimum Gasteiger partial charge on any atom is -0.301 e. The Morgan fingerprint density at radius 1 is 1.75 bits per heavy atom. The van der Waals surface area contributed by atoms with Crippen LogP contribution < -0.4 is 5.56 Å². The van der Waals surface area contributed by atoms with Gasteiger partial charge < -0.3 is 4.98 Å². The van der Waals surface area contributed by atoms with Gasteiger partial charge in [-0.25, -0.2) is 4.98 Å². The third kappa shape index (κ3) is 2.81. The minimum atomic E-state index is -0.128. The Labute approximate surface area is 74.6 Å². The number of thioether (sulfide) groups is 1. The molecule has 1 aromatic rings. The Bertz CT molecular complexity index is 361. The second-order valence-corrected chi connectivity index (χ2v) is 2.92. The van der Waals surface area contributed by atoms with Crippen LogP contribution in [0.1, 0.15) is 6.92 Å². The smallest absolute Gasteiger partial charge is 0.251 e. The molecule has 0 unspecified atom stereocenters. The molecule has 0 aromatic carbocycles. The number of aromatic nitrogens is 2. The molecule has 4 heteroatoms. The van der Waals surface area contributed by atoms with Gasteiger partial charge in [-0.1, -0.05) is 17.7 Å². The fourth-order valence-corrected chi connectivity index (χ4v) is 1.26. The predicted octanol–water partition coefficient (Wildman–Crippen LogP) is 0.885. The van der Waals surface area contributed by atoms with Gasteiger partial charge in [0.1, 0.15) is 0 Å². The number of nitrogens with one attached hydrogen (secondary N) is 1. The third-order valence-corrected chi connectivity index (χ3v) is 1.88. The van der Waals surface area contributed by atoms with E-state index in [1.807, 2.05) is 0 Å². The van der Waals surface area contributed by atoms with Gasteiger partial charge in [-0.2, -0.15) is 0 Å². The highest BCUT2D eigenvalue weighted by molar-refractivity contribution is 7.99. The molecule has 0 aliphatic heterocycles. The molecular formula is C8H8N2OS. The van der Waals surface area contributed by atoms with Crippen LogP contribution in [0.3, 0.4) is 0 Å². The van der Waals surface area contributed by atoms with E-state index in [9.17, 15) is 4.79 Å². The minimum absolute atomic E-state index is 0.128. The molecule has 3 nitrogen and oxygen atoms in total. The lowest BCUT2D eigenvalue weighted by Crippen LogP contribution is -2.05. The summed E-state index contributed by atoms with van der Waals surface area (Å²) < 4.78 is 0. The van der Waals surface area contributed by atoms with E-state index < -0.39 is 0 Å². The molecule has 0 saturated carbocycles. The van der Waals surface area contributed by atoms with Gasteiger partial charge in [0.05, 0.1) is 5.75 Å². The van der Waals surface area contributed by atoms with Gasteiger partial charge in [0.25, 0.3) is 5.56 Å². The Morgan fingerprint density at radius 2 is 2.58 bits per heavy atom. The highest BCUT2D eigenvalue weighted by Crippen LogP contribution is 2.07. The fourth-order valence-electron chi connectivity index (χ4n) is 0.602. The van der Waals surface area contributed by atoms with Crippen molar-refractivity contribution in [3.63, 3.8) is 0 Å². The fraction of sp³-hybridized carbons (Fsp3) is 0.250. The van der Waals surface area contributed by atoms with Crippen LogP contribution in [0.5, 0.6) is 0 Å². The van der Waals surface area contributed by atoms with E-state index in [1.165, 1.54) is 24.0 Å². The summed E-state index contributed by atoms with van der Waals surface area (Å²) in [6.45, 7) is 1.78. The first-order chi connectivity index (χ1) is 5.83. The molecule has 0 atom stereocenters. The summed E-state index contributed by atoms with van der Waals surface area (Å²) in [5.74, 6) is 6.29. The molecule has 12 heavy (non-hydrogen) atoms. The van der Waals surface area contributed by atoms with Crippen molar-refractivity contribution in [1.29, 1.82) is 0 Å². The number of hydrogen-bond acceptors (Lipinski definition) is 3. The lowest BCUT2D eigenvalue weighted by molar-refractivity contribution is 0.938. The standard InChI is InChI=1S/C8H8N2OS/c1-2-3-6-12-8-9-5-4-7(11)10-8/h4-5H,6H2,1H3,(H,9,10,11). The topological polar surface area (TPSA) is 45.8 Å². The van der Waals surface area contributed by atoms with E-state index in [0.717, 1.165) is 0 Å². The summed E-state index contributed by atoms with van der Waals surface area (Å²) >= 11 is 1.42. The van der Waals surface area contributed by atoms with Crippen molar-refractivity contribution in [3.8, 4) is 11.8 Å². The summed E-state index contributed by atoms with van der Waals surface area (Å²) in [4.78, 5) is 17.3. The van der Waals surface area contributed by atoms with E-state index >= 15 is 0 Å². The zero-order valence-electron chi connectivity index (χ0n) is 6.63. The van der Waals surface area contributed by atoms with Gasteiger partial charge in [0.15, 0.2) is 5.16 Å². The molecule has 0 aliphatic rings. The average molecular weight is 180 g/mol. The Kier molecular flexibility index (Phi) is 3.42. The number of rotatable bonds is 2. The van der Waals surface area contributed by atoms with Gasteiger partial charge in [-0.3, -0.25) is 4.79 Å². The summed E-state index contributed by atoms with van der Waals surface area (Å²) in [5.41, 5.74) is -0.128. The second kappa shape index (κ2) is 4.62. The summed E-state index contributed by atoms with van der Waals surface area (Å²) in [5, 5.41) is 0.616. The van der Waals surface area contributed by atoms with Crippen LogP contribution in [0, 0.1) is 11.8 Å². The number of H-pyrrole nitrogens is 1. The molecule has 0 radical (unpaired) electrons. The quantitative estimate of drug-likeness (QED) is 0.417. The first-order valence-corrected chi connectivity index (χ1v) is 4.39. The largest absolute Gasteiger partial charge is 0.301 e. The van der Waals surface area contributed by atoms with Crippen LogP contribution in [-0.2, 0) is 0 Å². The Hall–Kier alpha value is -1.21. The molecule has 0 fully saturated rings. The SMILES string of the molecule is CC#CCSc1nccc(=O)[nH]1. The van der Waals surface area contributed by atoms with Gasteiger partial charge in [-0.05, 0) is 6.92 Å². The van der Waals surface area contributed by atoms with E-state index in [4.69, 9.17) is 0 Å². The second-order valence-electron chi connectivity index (χ2n) is 1.95. The molecule has 0 bridgehead atoms. The lowest BCUT2D eigenvalue weighted by atomic mass is 10.7. The first kappa shape index (κ1) is 8.88. The van der Waals surface area contributed by atoms with Crippen molar-refractivity contribution in [2.45, 2.75) is 12.1 Å². The van der Waals surface area contributed by atoms with Gasteiger partial charge in [0, 0.05) is 12.3 Å². The third-order valence-electron chi connectivity index (χ3n) is 1.11. The lowest BCUT2D eigenvalue weighted by Gasteiger charge is -1.92. The monoisotopic (exact) mass is 180 g/mol. The van der Waals surface area contributed by atoms with E-state index in [0.29, 0.717) is 10.9 Å². The summed E-state index contributed by atoms with van der Waals surface area (Å²) in [7, 11) is 0. The highest BCUT2D eigenvalue weighted by Gasteiger charge is 1.92. The first-order valence-electron chi connectivity index (χ1n) is 3.40. The summed E-state index contributed by atoms with van der Waals surface area (Å²) in [6, 6.07) is 1.38. The van der Waals surface area contributed by atoms with Gasteiger partial charge in [0.2, 0.25) is 0 Å². The number of hydrogen-bond donors (Lipinski definition) is 1. The summed E-state index contributed by atoms with van der Waals surface area (Å²) in [6.07, 6.45) is 1.49. The zero-order valence-corrected chi connectivity index (χ0v) is 7.44. The van der Waals surface area contributed by atoms with Crippen LogP contribution in [0.25, 0.3) is 0 Å². The van der Waals surface area contributed by atoms with Crippen molar-refractivity contribution in [2.24, 2.45) is 0 Å². The molecule has 0 spiro atoms. The van der Waals surface area contributed by atoms with Crippen LogP contribution >= 0.6 is 11.8 Å². The molecule has 1 heterocycles. The molecule has 1 rings (SSSR count).